The first-order valence-corrected chi connectivity index (χ1v) is 5.51. The van der Waals surface area contributed by atoms with Crippen LogP contribution in [0.25, 0.3) is 0 Å². The van der Waals surface area contributed by atoms with Gasteiger partial charge in [-0.1, -0.05) is 17.3 Å². The highest BCUT2D eigenvalue weighted by atomic mass is 16.5. The largest absolute Gasteiger partial charge is 0.497 e. The van der Waals surface area contributed by atoms with Gasteiger partial charge in [-0.05, 0) is 24.6 Å². The Hall–Kier alpha value is -2.04. The van der Waals surface area contributed by atoms with Crippen molar-refractivity contribution in [3.63, 3.8) is 0 Å². The first-order chi connectivity index (χ1) is 8.31. The molecule has 0 saturated heterocycles. The third kappa shape index (κ3) is 2.96. The summed E-state index contributed by atoms with van der Waals surface area (Å²) >= 11 is 0. The number of benzene rings is 1. The van der Waals surface area contributed by atoms with Gasteiger partial charge in [-0.25, -0.2) is 0 Å². The van der Waals surface area contributed by atoms with Crippen molar-refractivity contribution >= 4 is 6.01 Å². The first-order valence-electron chi connectivity index (χ1n) is 5.51. The Morgan fingerprint density at radius 3 is 2.71 bits per heavy atom. The van der Waals surface area contributed by atoms with Crippen LogP contribution in [0.5, 0.6) is 5.75 Å². The Bertz CT molecular complexity index is 465. The average Bonchev–Trinajstić information content (AvgIpc) is 2.78. The van der Waals surface area contributed by atoms with Crippen LogP contribution in [-0.2, 0) is 6.42 Å². The van der Waals surface area contributed by atoms with E-state index in [0.29, 0.717) is 18.3 Å². The number of hydrogen-bond acceptors (Lipinski definition) is 5. The molecule has 0 radical (unpaired) electrons. The van der Waals surface area contributed by atoms with Crippen molar-refractivity contribution in [1.82, 2.24) is 10.1 Å². The van der Waals surface area contributed by atoms with Crippen molar-refractivity contribution in [2.75, 3.05) is 19.0 Å². The van der Waals surface area contributed by atoms with Gasteiger partial charge < -0.3 is 14.6 Å². The second kappa shape index (κ2) is 5.34. The summed E-state index contributed by atoms with van der Waals surface area (Å²) in [6.45, 7) is 2.75. The molecule has 2 rings (SSSR count). The first kappa shape index (κ1) is 11.4. The van der Waals surface area contributed by atoms with Crippen molar-refractivity contribution in [2.24, 2.45) is 0 Å². The van der Waals surface area contributed by atoms with Crippen molar-refractivity contribution in [1.29, 1.82) is 0 Å². The van der Waals surface area contributed by atoms with E-state index < -0.39 is 0 Å². The lowest BCUT2D eigenvalue weighted by Crippen LogP contribution is -1.97. The Kier molecular flexibility index (Phi) is 3.59. The van der Waals surface area contributed by atoms with Crippen LogP contribution in [0.1, 0.15) is 18.3 Å². The molecule has 0 aliphatic rings. The Balaban J connectivity index is 2.03. The molecule has 0 unspecified atom stereocenters. The summed E-state index contributed by atoms with van der Waals surface area (Å²) < 4.78 is 10.1. The number of hydrogen-bond donors (Lipinski definition) is 1. The van der Waals surface area contributed by atoms with E-state index in [0.717, 1.165) is 17.9 Å². The molecule has 0 aliphatic carbocycles. The number of nitrogens with zero attached hydrogens (tertiary/aromatic N) is 2. The van der Waals surface area contributed by atoms with Gasteiger partial charge >= 0.3 is 6.01 Å². The standard InChI is InChI=1S/C12H15N3O2/c1-3-13-12-14-11(15-17-12)8-9-4-6-10(16-2)7-5-9/h4-7H,3,8H2,1-2H3,(H,13,14,15). The van der Waals surface area contributed by atoms with Gasteiger partial charge in [0.15, 0.2) is 5.82 Å². The normalized spacial score (nSPS) is 10.2. The summed E-state index contributed by atoms with van der Waals surface area (Å²) in [5, 5.41) is 6.86. The zero-order chi connectivity index (χ0) is 12.1. The molecule has 0 saturated carbocycles. The maximum atomic E-state index is 5.10. The fourth-order valence-electron chi connectivity index (χ4n) is 1.47. The molecule has 5 heteroatoms. The van der Waals surface area contributed by atoms with E-state index in [2.05, 4.69) is 15.5 Å². The molecule has 2 aromatic rings. The second-order valence-electron chi connectivity index (χ2n) is 3.57. The van der Waals surface area contributed by atoms with Crippen molar-refractivity contribution < 1.29 is 9.26 Å². The van der Waals surface area contributed by atoms with Gasteiger partial charge in [0.2, 0.25) is 0 Å². The lowest BCUT2D eigenvalue weighted by Gasteiger charge is -2.00. The van der Waals surface area contributed by atoms with E-state index in [-0.39, 0.29) is 0 Å². The number of aromatic nitrogens is 2. The van der Waals surface area contributed by atoms with E-state index in [9.17, 15) is 0 Å². The van der Waals surface area contributed by atoms with Crippen LogP contribution in [0.15, 0.2) is 28.8 Å². The van der Waals surface area contributed by atoms with Crippen LogP contribution >= 0.6 is 0 Å². The van der Waals surface area contributed by atoms with Crippen LogP contribution in [0.3, 0.4) is 0 Å². The highest BCUT2D eigenvalue weighted by Gasteiger charge is 2.05. The summed E-state index contributed by atoms with van der Waals surface area (Å²) in [6, 6.07) is 8.28. The molecule has 0 amide bonds. The molecule has 0 bridgehead atoms. The molecule has 0 aliphatic heterocycles. The topological polar surface area (TPSA) is 60.2 Å². The fourth-order valence-corrected chi connectivity index (χ4v) is 1.47. The molecular weight excluding hydrogens is 218 g/mol. The Labute approximate surface area is 99.8 Å². The summed E-state index contributed by atoms with van der Waals surface area (Å²) in [6.07, 6.45) is 0.652. The van der Waals surface area contributed by atoms with E-state index >= 15 is 0 Å². The van der Waals surface area contributed by atoms with Crippen molar-refractivity contribution in [2.45, 2.75) is 13.3 Å². The predicted molar refractivity (Wildman–Crippen MR) is 64.3 cm³/mol. The van der Waals surface area contributed by atoms with Gasteiger partial charge in [0, 0.05) is 13.0 Å². The van der Waals surface area contributed by atoms with Crippen LogP contribution in [0.2, 0.25) is 0 Å². The van der Waals surface area contributed by atoms with Gasteiger partial charge in [-0.15, -0.1) is 0 Å². The minimum Gasteiger partial charge on any atom is -0.497 e. The molecular formula is C12H15N3O2. The number of anilines is 1. The van der Waals surface area contributed by atoms with Crippen LogP contribution in [0, 0.1) is 0 Å². The lowest BCUT2D eigenvalue weighted by molar-refractivity contribution is 0.414. The maximum absolute atomic E-state index is 5.10. The molecule has 1 aromatic carbocycles. The van der Waals surface area contributed by atoms with Crippen LogP contribution in [0.4, 0.5) is 6.01 Å². The number of nitrogens with one attached hydrogen (secondary N) is 1. The predicted octanol–water partition coefficient (Wildman–Crippen LogP) is 2.10. The zero-order valence-corrected chi connectivity index (χ0v) is 9.93. The van der Waals surface area contributed by atoms with E-state index in [1.54, 1.807) is 7.11 Å². The molecule has 1 N–H and O–H groups in total. The van der Waals surface area contributed by atoms with Gasteiger partial charge in [-0.2, -0.15) is 4.98 Å². The fraction of sp³-hybridized carbons (Fsp3) is 0.333. The number of rotatable bonds is 5. The van der Waals surface area contributed by atoms with E-state index in [1.165, 1.54) is 0 Å². The van der Waals surface area contributed by atoms with E-state index in [1.807, 2.05) is 31.2 Å². The highest BCUT2D eigenvalue weighted by molar-refractivity contribution is 5.29. The third-order valence-corrected chi connectivity index (χ3v) is 2.32. The summed E-state index contributed by atoms with van der Waals surface area (Å²) in [5.41, 5.74) is 1.12. The van der Waals surface area contributed by atoms with Gasteiger partial charge in [0.25, 0.3) is 0 Å². The molecule has 17 heavy (non-hydrogen) atoms. The molecule has 5 nitrogen and oxygen atoms in total. The molecule has 1 heterocycles. The zero-order valence-electron chi connectivity index (χ0n) is 9.93. The Morgan fingerprint density at radius 2 is 2.06 bits per heavy atom. The van der Waals surface area contributed by atoms with Crippen LogP contribution in [-0.4, -0.2) is 23.8 Å². The third-order valence-electron chi connectivity index (χ3n) is 2.32. The van der Waals surface area contributed by atoms with Gasteiger partial charge in [0.1, 0.15) is 5.75 Å². The van der Waals surface area contributed by atoms with Crippen molar-refractivity contribution in [3.8, 4) is 5.75 Å². The minimum atomic E-state index is 0.469. The summed E-state index contributed by atoms with van der Waals surface area (Å²) in [4.78, 5) is 4.22. The van der Waals surface area contributed by atoms with Gasteiger partial charge in [0.05, 0.1) is 7.11 Å². The smallest absolute Gasteiger partial charge is 0.321 e. The quantitative estimate of drug-likeness (QED) is 0.857. The molecule has 0 spiro atoms. The van der Waals surface area contributed by atoms with Crippen LogP contribution < -0.4 is 10.1 Å². The summed E-state index contributed by atoms with van der Waals surface area (Å²) in [5.74, 6) is 1.52. The van der Waals surface area contributed by atoms with Crippen molar-refractivity contribution in [3.05, 3.63) is 35.7 Å². The minimum absolute atomic E-state index is 0.469. The highest BCUT2D eigenvalue weighted by Crippen LogP contribution is 2.14. The average molecular weight is 233 g/mol. The molecule has 0 atom stereocenters. The summed E-state index contributed by atoms with van der Waals surface area (Å²) in [7, 11) is 1.65. The number of ether oxygens (including phenoxy) is 1. The lowest BCUT2D eigenvalue weighted by atomic mass is 10.1. The van der Waals surface area contributed by atoms with Gasteiger partial charge in [-0.3, -0.25) is 0 Å². The molecule has 0 fully saturated rings. The monoisotopic (exact) mass is 233 g/mol. The van der Waals surface area contributed by atoms with E-state index in [4.69, 9.17) is 9.26 Å². The second-order valence-corrected chi connectivity index (χ2v) is 3.57. The molecule has 90 valence electrons. The number of methoxy groups -OCH3 is 1. The maximum Gasteiger partial charge on any atom is 0.321 e. The SMILES string of the molecule is CCNc1nc(Cc2ccc(OC)cc2)no1. The Morgan fingerprint density at radius 1 is 1.29 bits per heavy atom. The molecule has 1 aromatic heterocycles.